The van der Waals surface area contributed by atoms with Crippen molar-refractivity contribution in [1.29, 1.82) is 0 Å². The highest BCUT2D eigenvalue weighted by atomic mass is 32.2. The predicted octanol–water partition coefficient (Wildman–Crippen LogP) is 3.41. The zero-order valence-corrected chi connectivity index (χ0v) is 18.3. The van der Waals surface area contributed by atoms with Gasteiger partial charge in [-0.15, -0.1) is 0 Å². The highest BCUT2D eigenvalue weighted by molar-refractivity contribution is 7.92. The van der Waals surface area contributed by atoms with E-state index in [1.807, 2.05) is 20.8 Å². The van der Waals surface area contributed by atoms with E-state index < -0.39 is 16.1 Å². The van der Waals surface area contributed by atoms with Crippen molar-refractivity contribution in [3.8, 4) is 5.75 Å². The highest BCUT2D eigenvalue weighted by Gasteiger charge is 2.36. The molecule has 0 aromatic heterocycles. The van der Waals surface area contributed by atoms with Crippen LogP contribution < -0.4 is 14.4 Å². The number of rotatable bonds is 5. The van der Waals surface area contributed by atoms with Gasteiger partial charge in [-0.3, -0.25) is 9.10 Å². The van der Waals surface area contributed by atoms with Crippen molar-refractivity contribution >= 4 is 21.6 Å². The van der Waals surface area contributed by atoms with Crippen LogP contribution in [0.3, 0.4) is 0 Å². The maximum absolute atomic E-state index is 13.0. The molecule has 2 aromatic rings. The second-order valence-electron chi connectivity index (χ2n) is 7.53. The van der Waals surface area contributed by atoms with Crippen LogP contribution in [0.25, 0.3) is 0 Å². The molecule has 0 aliphatic carbocycles. The first-order valence-electron chi connectivity index (χ1n) is 9.78. The van der Waals surface area contributed by atoms with Crippen molar-refractivity contribution in [2.45, 2.75) is 46.8 Å². The molecule has 1 aliphatic heterocycles. The molecule has 1 N–H and O–H groups in total. The molecule has 156 valence electrons. The lowest BCUT2D eigenvalue weighted by atomic mass is 9.96. The number of para-hydroxylation sites is 2. The Morgan fingerprint density at radius 2 is 1.83 bits per heavy atom. The van der Waals surface area contributed by atoms with Gasteiger partial charge in [0, 0.05) is 0 Å². The van der Waals surface area contributed by atoms with Gasteiger partial charge < -0.3 is 10.1 Å². The van der Waals surface area contributed by atoms with E-state index >= 15 is 0 Å². The summed E-state index contributed by atoms with van der Waals surface area (Å²) >= 11 is 0. The van der Waals surface area contributed by atoms with Gasteiger partial charge in [0.2, 0.25) is 10.0 Å². The van der Waals surface area contributed by atoms with E-state index in [2.05, 4.69) is 24.4 Å². The number of fused-ring (bicyclic) bond motifs is 1. The highest BCUT2D eigenvalue weighted by Crippen LogP contribution is 2.35. The number of carbonyl (C=O) groups excluding carboxylic acids is 1. The number of hydrogen-bond donors (Lipinski definition) is 1. The number of sulfonamides is 1. The fourth-order valence-electron chi connectivity index (χ4n) is 3.59. The molecule has 2 aromatic carbocycles. The molecule has 0 spiro atoms. The topological polar surface area (TPSA) is 75.7 Å². The molecular formula is C22H28N2O4S. The van der Waals surface area contributed by atoms with Crippen LogP contribution in [-0.2, 0) is 14.8 Å². The Bertz CT molecular complexity index is 1030. The van der Waals surface area contributed by atoms with Crippen molar-refractivity contribution in [1.82, 2.24) is 5.32 Å². The Kier molecular flexibility index (Phi) is 5.89. The minimum absolute atomic E-state index is 0.0440. The maximum atomic E-state index is 13.0. The molecule has 0 radical (unpaired) electrons. The van der Waals surface area contributed by atoms with Crippen molar-refractivity contribution in [3.05, 3.63) is 58.7 Å². The predicted molar refractivity (Wildman–Crippen MR) is 115 cm³/mol. The third-order valence-electron chi connectivity index (χ3n) is 5.44. The molecule has 0 saturated carbocycles. The summed E-state index contributed by atoms with van der Waals surface area (Å²) in [6, 6.07) is 10.9. The van der Waals surface area contributed by atoms with Crippen LogP contribution in [0.2, 0.25) is 0 Å². The van der Waals surface area contributed by atoms with Crippen molar-refractivity contribution in [2.75, 3.05) is 16.6 Å². The van der Waals surface area contributed by atoms with E-state index in [0.29, 0.717) is 11.4 Å². The average molecular weight is 417 g/mol. The molecule has 1 amide bonds. The van der Waals surface area contributed by atoms with Crippen LogP contribution in [0.1, 0.15) is 42.1 Å². The Balaban J connectivity index is 1.84. The molecule has 2 atom stereocenters. The van der Waals surface area contributed by atoms with Gasteiger partial charge in [0.1, 0.15) is 5.75 Å². The lowest BCUT2D eigenvalue weighted by Gasteiger charge is -2.35. The smallest absolute Gasteiger partial charge is 0.263 e. The monoisotopic (exact) mass is 416 g/mol. The summed E-state index contributed by atoms with van der Waals surface area (Å²) in [6.07, 6.45) is -0.916. The van der Waals surface area contributed by atoms with Crippen molar-refractivity contribution in [3.63, 3.8) is 0 Å². The number of carbonyl (C=O) groups is 1. The molecule has 1 aliphatic rings. The summed E-state index contributed by atoms with van der Waals surface area (Å²) in [5.41, 5.74) is 4.98. The summed E-state index contributed by atoms with van der Waals surface area (Å²) in [7, 11) is -3.53. The molecule has 29 heavy (non-hydrogen) atoms. The number of anilines is 1. The van der Waals surface area contributed by atoms with Gasteiger partial charge in [0.25, 0.3) is 5.91 Å². The minimum atomic E-state index is -3.53. The van der Waals surface area contributed by atoms with Gasteiger partial charge in [-0.1, -0.05) is 24.3 Å². The molecule has 3 rings (SSSR count). The normalized spacial score (nSPS) is 17.3. The Hall–Kier alpha value is -2.54. The molecule has 6 nitrogen and oxygen atoms in total. The third-order valence-corrected chi connectivity index (χ3v) is 7.18. The zero-order chi connectivity index (χ0) is 21.3. The van der Waals surface area contributed by atoms with Gasteiger partial charge in [0.05, 0.1) is 24.0 Å². The number of ether oxygens (including phenoxy) is 1. The SMILES string of the molecule is CCS(=O)(=O)N1C[C@H](C(=O)N[C@@H](C)c2cc(C)c(C)cc2C)Oc2ccccc21. The standard InChI is InChI=1S/C22H28N2O4S/c1-6-29(26,27)24-13-21(28-20-10-8-7-9-19(20)24)22(25)23-17(5)18-12-15(3)14(2)11-16(18)4/h7-12,17,21H,6,13H2,1-5H3,(H,23,25)/t17-,21+/m0/s1. The van der Waals surface area contributed by atoms with E-state index in [0.717, 1.165) is 16.7 Å². The molecule has 0 unspecified atom stereocenters. The Labute approximate surface area is 172 Å². The van der Waals surface area contributed by atoms with Crippen LogP contribution in [0.5, 0.6) is 5.75 Å². The summed E-state index contributed by atoms with van der Waals surface area (Å²) in [5.74, 6) is 0.0142. The first kappa shape index (κ1) is 21.2. The average Bonchev–Trinajstić information content (AvgIpc) is 2.69. The maximum Gasteiger partial charge on any atom is 0.263 e. The first-order valence-corrected chi connectivity index (χ1v) is 11.4. The summed E-state index contributed by atoms with van der Waals surface area (Å²) in [6.45, 7) is 9.59. The lowest BCUT2D eigenvalue weighted by Crippen LogP contribution is -2.51. The number of nitrogens with one attached hydrogen (secondary N) is 1. The van der Waals surface area contributed by atoms with Crippen LogP contribution >= 0.6 is 0 Å². The van der Waals surface area contributed by atoms with E-state index in [1.165, 1.54) is 9.87 Å². The number of nitrogens with zero attached hydrogens (tertiary/aromatic N) is 1. The molecule has 0 bridgehead atoms. The number of aryl methyl sites for hydroxylation is 3. The van der Waals surface area contributed by atoms with Gasteiger partial charge in [0.15, 0.2) is 6.10 Å². The zero-order valence-electron chi connectivity index (χ0n) is 17.5. The first-order chi connectivity index (χ1) is 13.6. The van der Waals surface area contributed by atoms with E-state index in [-0.39, 0.29) is 24.2 Å². The molecular weight excluding hydrogens is 388 g/mol. The van der Waals surface area contributed by atoms with Crippen molar-refractivity contribution < 1.29 is 17.9 Å². The van der Waals surface area contributed by atoms with Gasteiger partial charge in [-0.2, -0.15) is 0 Å². The Morgan fingerprint density at radius 3 is 2.52 bits per heavy atom. The fourth-order valence-corrected chi connectivity index (χ4v) is 4.72. The van der Waals surface area contributed by atoms with Gasteiger partial charge in [-0.05, 0) is 69.0 Å². The van der Waals surface area contributed by atoms with Crippen LogP contribution in [0.15, 0.2) is 36.4 Å². The van der Waals surface area contributed by atoms with E-state index in [4.69, 9.17) is 4.74 Å². The molecule has 1 heterocycles. The molecule has 0 fully saturated rings. The van der Waals surface area contributed by atoms with Gasteiger partial charge in [-0.25, -0.2) is 8.42 Å². The summed E-state index contributed by atoms with van der Waals surface area (Å²) in [5, 5.41) is 2.99. The number of hydrogen-bond acceptors (Lipinski definition) is 4. The van der Waals surface area contributed by atoms with Crippen LogP contribution in [0, 0.1) is 20.8 Å². The van der Waals surface area contributed by atoms with Gasteiger partial charge >= 0.3 is 0 Å². The fraction of sp³-hybridized carbons (Fsp3) is 0.409. The third kappa shape index (κ3) is 4.24. The van der Waals surface area contributed by atoms with Crippen molar-refractivity contribution in [2.24, 2.45) is 0 Å². The molecule has 7 heteroatoms. The summed E-state index contributed by atoms with van der Waals surface area (Å²) < 4.78 is 32.3. The van der Waals surface area contributed by atoms with E-state index in [9.17, 15) is 13.2 Å². The second-order valence-corrected chi connectivity index (χ2v) is 9.71. The summed E-state index contributed by atoms with van der Waals surface area (Å²) in [4.78, 5) is 13.0. The van der Waals surface area contributed by atoms with Crippen LogP contribution in [-0.4, -0.2) is 32.7 Å². The second kappa shape index (κ2) is 8.06. The number of benzene rings is 2. The minimum Gasteiger partial charge on any atom is -0.476 e. The van der Waals surface area contributed by atoms with Crippen LogP contribution in [0.4, 0.5) is 5.69 Å². The lowest BCUT2D eigenvalue weighted by molar-refractivity contribution is -0.128. The van der Waals surface area contributed by atoms with E-state index in [1.54, 1.807) is 31.2 Å². The largest absolute Gasteiger partial charge is 0.476 e. The quantitative estimate of drug-likeness (QED) is 0.811. The number of amides is 1. The Morgan fingerprint density at radius 1 is 1.17 bits per heavy atom. The molecule has 0 saturated heterocycles.